The third-order valence-corrected chi connectivity index (χ3v) is 8.50. The van der Waals surface area contributed by atoms with Gasteiger partial charge in [-0.15, -0.1) is 0 Å². The van der Waals surface area contributed by atoms with Gasteiger partial charge in [0.25, 0.3) is 5.91 Å². The number of alkyl carbamates (subject to hydrolysis) is 1. The van der Waals surface area contributed by atoms with E-state index in [1.807, 2.05) is 56.0 Å². The van der Waals surface area contributed by atoms with E-state index < -0.39 is 5.60 Å². The SMILES string of the molecule is COc1ccc(-c2[nH]c3ccc(C(=O)N4CC5CN(CCCNC(=O)OC(C)(C)C)CC5C4)cc3c2C(C)C)cc1OC. The largest absolute Gasteiger partial charge is 0.493 e. The molecule has 9 heteroatoms. The zero-order valence-corrected chi connectivity index (χ0v) is 26.6. The van der Waals surface area contributed by atoms with Crippen molar-refractivity contribution in [2.75, 3.05) is 53.5 Å². The van der Waals surface area contributed by atoms with Crippen LogP contribution in [0.25, 0.3) is 22.2 Å². The van der Waals surface area contributed by atoms with Gasteiger partial charge in [-0.05, 0) is 93.5 Å². The van der Waals surface area contributed by atoms with Crippen molar-refractivity contribution in [3.05, 3.63) is 47.5 Å². The summed E-state index contributed by atoms with van der Waals surface area (Å²) in [5, 5.41) is 3.92. The van der Waals surface area contributed by atoms with Crippen LogP contribution >= 0.6 is 0 Å². The number of H-pyrrole nitrogens is 1. The lowest BCUT2D eigenvalue weighted by atomic mass is 9.95. The van der Waals surface area contributed by atoms with E-state index in [4.69, 9.17) is 14.2 Å². The molecule has 2 amide bonds. The van der Waals surface area contributed by atoms with Crippen LogP contribution < -0.4 is 14.8 Å². The monoisotopic (exact) mass is 590 g/mol. The number of nitrogens with one attached hydrogen (secondary N) is 2. The van der Waals surface area contributed by atoms with E-state index in [-0.39, 0.29) is 17.9 Å². The summed E-state index contributed by atoms with van der Waals surface area (Å²) in [6, 6.07) is 12.0. The van der Waals surface area contributed by atoms with Gasteiger partial charge in [0.1, 0.15) is 5.60 Å². The molecule has 2 aromatic carbocycles. The first-order valence-corrected chi connectivity index (χ1v) is 15.3. The number of methoxy groups -OCH3 is 2. The summed E-state index contributed by atoms with van der Waals surface area (Å²) in [5.74, 6) is 2.70. The Morgan fingerprint density at radius 1 is 0.977 bits per heavy atom. The highest BCUT2D eigenvalue weighted by atomic mass is 16.6. The molecular formula is C34H46N4O5. The van der Waals surface area contributed by atoms with E-state index in [1.54, 1.807) is 14.2 Å². The fraction of sp³-hybridized carbons (Fsp3) is 0.529. The highest BCUT2D eigenvalue weighted by Crippen LogP contribution is 2.39. The Morgan fingerprint density at radius 3 is 2.30 bits per heavy atom. The van der Waals surface area contributed by atoms with Crippen molar-refractivity contribution in [2.24, 2.45) is 11.8 Å². The van der Waals surface area contributed by atoms with Crippen molar-refractivity contribution in [1.29, 1.82) is 0 Å². The molecule has 43 heavy (non-hydrogen) atoms. The lowest BCUT2D eigenvalue weighted by Gasteiger charge is -2.22. The fourth-order valence-electron chi connectivity index (χ4n) is 6.59. The number of fused-ring (bicyclic) bond motifs is 2. The molecule has 3 aromatic rings. The number of aromatic nitrogens is 1. The van der Waals surface area contributed by atoms with Crippen molar-refractivity contribution >= 4 is 22.9 Å². The lowest BCUT2D eigenvalue weighted by molar-refractivity contribution is 0.0525. The van der Waals surface area contributed by atoms with Gasteiger partial charge in [-0.2, -0.15) is 0 Å². The van der Waals surface area contributed by atoms with Crippen LogP contribution in [0.2, 0.25) is 0 Å². The van der Waals surface area contributed by atoms with E-state index in [1.165, 1.54) is 5.56 Å². The molecule has 2 unspecified atom stereocenters. The number of amides is 2. The molecule has 5 rings (SSSR count). The molecule has 0 radical (unpaired) electrons. The van der Waals surface area contributed by atoms with Gasteiger partial charge in [0, 0.05) is 54.8 Å². The summed E-state index contributed by atoms with van der Waals surface area (Å²) in [4.78, 5) is 33.7. The second-order valence-corrected chi connectivity index (χ2v) is 13.2. The number of ether oxygens (including phenoxy) is 3. The standard InChI is InChI=1S/C34H46N4O5/c1-21(2)30-26-15-23(9-11-27(26)36-31(30)22-10-12-28(41-6)29(16-22)42-7)32(39)38-19-24-17-37(18-25(24)20-38)14-8-13-35-33(40)43-34(3,4)5/h9-12,15-16,21,24-25,36H,8,13-14,17-20H2,1-7H3,(H,35,40). The molecule has 0 aliphatic carbocycles. The van der Waals surface area contributed by atoms with Gasteiger partial charge in [0.15, 0.2) is 11.5 Å². The predicted molar refractivity (Wildman–Crippen MR) is 169 cm³/mol. The maximum absolute atomic E-state index is 13.7. The molecule has 2 saturated heterocycles. The number of carbonyl (C=O) groups is 2. The number of nitrogens with zero attached hydrogens (tertiary/aromatic N) is 2. The van der Waals surface area contributed by atoms with Crippen molar-refractivity contribution < 1.29 is 23.8 Å². The summed E-state index contributed by atoms with van der Waals surface area (Å²) < 4.78 is 16.3. The summed E-state index contributed by atoms with van der Waals surface area (Å²) in [5.41, 5.74) is 4.50. The third kappa shape index (κ3) is 6.77. The fourth-order valence-corrected chi connectivity index (χ4v) is 6.59. The zero-order valence-electron chi connectivity index (χ0n) is 26.6. The van der Waals surface area contributed by atoms with E-state index in [0.717, 1.165) is 66.9 Å². The Balaban J connectivity index is 1.22. The molecular weight excluding hydrogens is 544 g/mol. The quantitative estimate of drug-likeness (QED) is 0.302. The van der Waals surface area contributed by atoms with E-state index in [9.17, 15) is 9.59 Å². The number of carbonyl (C=O) groups excluding carboxylic acids is 2. The molecule has 1 aromatic heterocycles. The van der Waals surface area contributed by atoms with Crippen LogP contribution in [0.15, 0.2) is 36.4 Å². The van der Waals surface area contributed by atoms with Gasteiger partial charge >= 0.3 is 6.09 Å². The second kappa shape index (κ2) is 12.5. The Labute approximate surface area is 254 Å². The Morgan fingerprint density at radius 2 is 1.67 bits per heavy atom. The van der Waals surface area contributed by atoms with E-state index in [0.29, 0.717) is 29.9 Å². The van der Waals surface area contributed by atoms with Gasteiger partial charge in [-0.3, -0.25) is 4.79 Å². The van der Waals surface area contributed by atoms with E-state index in [2.05, 4.69) is 35.1 Å². The van der Waals surface area contributed by atoms with Crippen molar-refractivity contribution in [2.45, 2.75) is 52.6 Å². The summed E-state index contributed by atoms with van der Waals surface area (Å²) >= 11 is 0. The average molecular weight is 591 g/mol. The number of rotatable bonds is 9. The minimum absolute atomic E-state index is 0.105. The molecule has 232 valence electrons. The van der Waals surface area contributed by atoms with Gasteiger partial charge < -0.3 is 34.3 Å². The Bertz CT molecular complexity index is 1460. The molecule has 2 fully saturated rings. The maximum Gasteiger partial charge on any atom is 0.407 e. The van der Waals surface area contributed by atoms with Gasteiger partial charge in [-0.25, -0.2) is 4.79 Å². The molecule has 0 saturated carbocycles. The molecule has 9 nitrogen and oxygen atoms in total. The van der Waals surface area contributed by atoms with Crippen molar-refractivity contribution in [3.63, 3.8) is 0 Å². The van der Waals surface area contributed by atoms with Crippen LogP contribution in [-0.2, 0) is 4.74 Å². The molecule has 2 atom stereocenters. The molecule has 2 aliphatic rings. The van der Waals surface area contributed by atoms with Crippen molar-refractivity contribution in [3.8, 4) is 22.8 Å². The summed E-state index contributed by atoms with van der Waals surface area (Å²) in [6.45, 7) is 15.0. The first kappa shape index (κ1) is 30.7. The number of hydrogen-bond donors (Lipinski definition) is 2. The van der Waals surface area contributed by atoms with Gasteiger partial charge in [0.2, 0.25) is 0 Å². The Kier molecular flexibility index (Phi) is 8.92. The molecule has 0 spiro atoms. The highest BCUT2D eigenvalue weighted by Gasteiger charge is 2.41. The minimum atomic E-state index is -0.487. The first-order chi connectivity index (χ1) is 20.5. The molecule has 2 aliphatic heterocycles. The number of benzene rings is 2. The predicted octanol–water partition coefficient (Wildman–Crippen LogP) is 5.89. The average Bonchev–Trinajstić information content (AvgIpc) is 3.64. The number of likely N-dealkylation sites (tertiary alicyclic amines) is 2. The highest BCUT2D eigenvalue weighted by molar-refractivity contribution is 6.01. The molecule has 3 heterocycles. The third-order valence-electron chi connectivity index (χ3n) is 8.50. The second-order valence-electron chi connectivity index (χ2n) is 13.2. The van der Waals surface area contributed by atoms with Crippen LogP contribution in [0.3, 0.4) is 0 Å². The molecule has 0 bridgehead atoms. The first-order valence-electron chi connectivity index (χ1n) is 15.3. The smallest absolute Gasteiger partial charge is 0.407 e. The van der Waals surface area contributed by atoms with Gasteiger partial charge in [0.05, 0.1) is 19.9 Å². The zero-order chi connectivity index (χ0) is 30.9. The van der Waals surface area contributed by atoms with Crippen LogP contribution in [0.4, 0.5) is 4.79 Å². The topological polar surface area (TPSA) is 96.1 Å². The van der Waals surface area contributed by atoms with Crippen molar-refractivity contribution in [1.82, 2.24) is 20.1 Å². The Hall–Kier alpha value is -3.72. The van der Waals surface area contributed by atoms with Gasteiger partial charge in [-0.1, -0.05) is 13.8 Å². The lowest BCUT2D eigenvalue weighted by Crippen LogP contribution is -2.35. The van der Waals surface area contributed by atoms with Crippen LogP contribution in [0, 0.1) is 11.8 Å². The number of aromatic amines is 1. The summed E-state index contributed by atoms with van der Waals surface area (Å²) in [6.07, 6.45) is 0.511. The summed E-state index contributed by atoms with van der Waals surface area (Å²) in [7, 11) is 3.28. The maximum atomic E-state index is 13.7. The molecule has 2 N–H and O–H groups in total. The number of hydrogen-bond acceptors (Lipinski definition) is 6. The minimum Gasteiger partial charge on any atom is -0.493 e. The van der Waals surface area contributed by atoms with Crippen LogP contribution in [-0.4, -0.2) is 85.9 Å². The van der Waals surface area contributed by atoms with E-state index >= 15 is 0 Å². The van der Waals surface area contributed by atoms with Crippen LogP contribution in [0.5, 0.6) is 11.5 Å². The normalized spacial score (nSPS) is 18.7. The van der Waals surface area contributed by atoms with Crippen LogP contribution in [0.1, 0.15) is 62.9 Å².